The summed E-state index contributed by atoms with van der Waals surface area (Å²) < 4.78 is 10.4. The first-order chi connectivity index (χ1) is 7.74. The van der Waals surface area contributed by atoms with Crippen LogP contribution >= 0.6 is 11.3 Å². The van der Waals surface area contributed by atoms with Crippen molar-refractivity contribution in [3.63, 3.8) is 0 Å². The van der Waals surface area contributed by atoms with Crippen LogP contribution in [0.3, 0.4) is 0 Å². The summed E-state index contributed by atoms with van der Waals surface area (Å²) in [6.45, 7) is 0. The van der Waals surface area contributed by atoms with Crippen LogP contribution in [0, 0.1) is 0 Å². The first kappa shape index (κ1) is 10.8. The molecule has 16 heavy (non-hydrogen) atoms. The quantitative estimate of drug-likeness (QED) is 0.889. The van der Waals surface area contributed by atoms with E-state index < -0.39 is 0 Å². The number of ether oxygens (including phenoxy) is 2. The molecule has 2 rings (SSSR count). The molecular formula is C11H12N2O2S. The van der Waals surface area contributed by atoms with E-state index in [4.69, 9.17) is 15.2 Å². The Bertz CT molecular complexity index is 496. The Morgan fingerprint density at radius 2 is 2.06 bits per heavy atom. The zero-order valence-electron chi connectivity index (χ0n) is 9.06. The number of hydrogen-bond acceptors (Lipinski definition) is 5. The molecule has 0 fully saturated rings. The van der Waals surface area contributed by atoms with Gasteiger partial charge in [-0.15, -0.1) is 0 Å². The number of nitrogens with zero attached hydrogens (tertiary/aromatic N) is 1. The van der Waals surface area contributed by atoms with Crippen LogP contribution in [-0.2, 0) is 0 Å². The number of rotatable bonds is 3. The molecule has 0 aliphatic heterocycles. The number of thiazole rings is 1. The Hall–Kier alpha value is -1.75. The number of aromatic nitrogens is 1. The van der Waals surface area contributed by atoms with E-state index in [9.17, 15) is 0 Å². The Kier molecular flexibility index (Phi) is 2.96. The Labute approximate surface area is 97.6 Å². The van der Waals surface area contributed by atoms with Gasteiger partial charge in [-0.05, 0) is 12.1 Å². The molecule has 0 aliphatic rings. The lowest BCUT2D eigenvalue weighted by molar-refractivity contribution is 0.395. The number of benzene rings is 1. The molecule has 84 valence electrons. The molecule has 1 aromatic carbocycles. The van der Waals surface area contributed by atoms with Crippen molar-refractivity contribution in [3.05, 3.63) is 24.4 Å². The largest absolute Gasteiger partial charge is 0.497 e. The summed E-state index contributed by atoms with van der Waals surface area (Å²) in [6, 6.07) is 5.61. The summed E-state index contributed by atoms with van der Waals surface area (Å²) in [5.41, 5.74) is 6.58. The summed E-state index contributed by atoms with van der Waals surface area (Å²) in [5, 5.41) is 1.53. The normalized spacial score (nSPS) is 10.1. The van der Waals surface area contributed by atoms with Gasteiger partial charge in [0.25, 0.3) is 0 Å². The number of methoxy groups -OCH3 is 2. The maximum Gasteiger partial charge on any atom is 0.132 e. The zero-order valence-corrected chi connectivity index (χ0v) is 9.88. The van der Waals surface area contributed by atoms with Gasteiger partial charge in [0.15, 0.2) is 0 Å². The standard InChI is InChI=1S/C11H12N2O2S/c1-14-7-3-4-8(9(5-7)15-2)11-13-6-10(12)16-11/h3-6H,12H2,1-2H3. The molecule has 0 saturated heterocycles. The third-order valence-corrected chi connectivity index (χ3v) is 3.02. The molecular weight excluding hydrogens is 224 g/mol. The van der Waals surface area contributed by atoms with Crippen molar-refractivity contribution in [3.8, 4) is 22.1 Å². The number of hydrogen-bond donors (Lipinski definition) is 1. The van der Waals surface area contributed by atoms with Gasteiger partial charge in [0.05, 0.1) is 26.0 Å². The second kappa shape index (κ2) is 4.40. The molecule has 1 heterocycles. The van der Waals surface area contributed by atoms with Crippen LogP contribution in [0.2, 0.25) is 0 Å². The summed E-state index contributed by atoms with van der Waals surface area (Å²) >= 11 is 1.43. The SMILES string of the molecule is COc1ccc(-c2ncc(N)s2)c(OC)c1. The fraction of sp³-hybridized carbons (Fsp3) is 0.182. The molecule has 2 N–H and O–H groups in total. The summed E-state index contributed by atoms with van der Waals surface area (Å²) in [4.78, 5) is 4.22. The van der Waals surface area contributed by atoms with Gasteiger partial charge in [0, 0.05) is 6.07 Å². The Morgan fingerprint density at radius 3 is 2.62 bits per heavy atom. The highest BCUT2D eigenvalue weighted by molar-refractivity contribution is 7.18. The molecule has 0 aliphatic carbocycles. The van der Waals surface area contributed by atoms with Crippen LogP contribution in [0.4, 0.5) is 5.00 Å². The van der Waals surface area contributed by atoms with Gasteiger partial charge in [-0.25, -0.2) is 4.98 Å². The van der Waals surface area contributed by atoms with E-state index in [1.807, 2.05) is 18.2 Å². The molecule has 2 aromatic rings. The minimum Gasteiger partial charge on any atom is -0.497 e. The molecule has 0 radical (unpaired) electrons. The van der Waals surface area contributed by atoms with Gasteiger partial charge >= 0.3 is 0 Å². The zero-order chi connectivity index (χ0) is 11.5. The molecule has 4 nitrogen and oxygen atoms in total. The van der Waals surface area contributed by atoms with Gasteiger partial charge in [0.1, 0.15) is 21.5 Å². The maximum atomic E-state index is 5.65. The molecule has 1 aromatic heterocycles. The molecule has 0 spiro atoms. The van der Waals surface area contributed by atoms with Crippen molar-refractivity contribution in [2.75, 3.05) is 20.0 Å². The molecule has 0 bridgehead atoms. The summed E-state index contributed by atoms with van der Waals surface area (Å²) in [7, 11) is 3.24. The lowest BCUT2D eigenvalue weighted by Crippen LogP contribution is -1.89. The van der Waals surface area contributed by atoms with Crippen LogP contribution in [-0.4, -0.2) is 19.2 Å². The van der Waals surface area contributed by atoms with Gasteiger partial charge in [-0.2, -0.15) is 0 Å². The van der Waals surface area contributed by atoms with E-state index >= 15 is 0 Å². The predicted molar refractivity (Wildman–Crippen MR) is 65.1 cm³/mol. The molecule has 0 saturated carbocycles. The van der Waals surface area contributed by atoms with E-state index in [-0.39, 0.29) is 0 Å². The maximum absolute atomic E-state index is 5.65. The van der Waals surface area contributed by atoms with Gasteiger partial charge in [0.2, 0.25) is 0 Å². The van der Waals surface area contributed by atoms with Crippen molar-refractivity contribution in [2.24, 2.45) is 0 Å². The van der Waals surface area contributed by atoms with Crippen molar-refractivity contribution in [2.45, 2.75) is 0 Å². The Balaban J connectivity index is 2.48. The van der Waals surface area contributed by atoms with E-state index in [0.29, 0.717) is 5.00 Å². The van der Waals surface area contributed by atoms with E-state index in [1.54, 1.807) is 20.4 Å². The van der Waals surface area contributed by atoms with Crippen molar-refractivity contribution < 1.29 is 9.47 Å². The van der Waals surface area contributed by atoms with Crippen LogP contribution in [0.25, 0.3) is 10.6 Å². The predicted octanol–water partition coefficient (Wildman–Crippen LogP) is 2.41. The highest BCUT2D eigenvalue weighted by Gasteiger charge is 2.10. The van der Waals surface area contributed by atoms with Crippen molar-refractivity contribution in [1.82, 2.24) is 4.98 Å². The fourth-order valence-electron chi connectivity index (χ4n) is 1.39. The summed E-state index contributed by atoms with van der Waals surface area (Å²) in [5.74, 6) is 1.49. The topological polar surface area (TPSA) is 57.4 Å². The minimum atomic E-state index is 0.688. The van der Waals surface area contributed by atoms with E-state index in [0.717, 1.165) is 22.1 Å². The smallest absolute Gasteiger partial charge is 0.132 e. The second-order valence-corrected chi connectivity index (χ2v) is 4.20. The van der Waals surface area contributed by atoms with E-state index in [1.165, 1.54) is 11.3 Å². The van der Waals surface area contributed by atoms with Crippen molar-refractivity contribution in [1.29, 1.82) is 0 Å². The van der Waals surface area contributed by atoms with Gasteiger partial charge in [-0.1, -0.05) is 11.3 Å². The lowest BCUT2D eigenvalue weighted by Gasteiger charge is -2.07. The van der Waals surface area contributed by atoms with Gasteiger partial charge < -0.3 is 15.2 Å². The fourth-order valence-corrected chi connectivity index (χ4v) is 2.10. The van der Waals surface area contributed by atoms with Crippen LogP contribution in [0.1, 0.15) is 0 Å². The third-order valence-electron chi connectivity index (χ3n) is 2.16. The molecule has 0 unspecified atom stereocenters. The number of anilines is 1. The molecule has 5 heteroatoms. The molecule has 0 amide bonds. The highest BCUT2D eigenvalue weighted by atomic mass is 32.1. The highest BCUT2D eigenvalue weighted by Crippen LogP contribution is 2.35. The monoisotopic (exact) mass is 236 g/mol. The minimum absolute atomic E-state index is 0.688. The third kappa shape index (κ3) is 1.94. The first-order valence-corrected chi connectivity index (χ1v) is 5.50. The second-order valence-electron chi connectivity index (χ2n) is 3.13. The average molecular weight is 236 g/mol. The van der Waals surface area contributed by atoms with Crippen LogP contribution in [0.15, 0.2) is 24.4 Å². The number of nitrogens with two attached hydrogens (primary N) is 1. The van der Waals surface area contributed by atoms with Gasteiger partial charge in [-0.3, -0.25) is 0 Å². The lowest BCUT2D eigenvalue weighted by atomic mass is 10.2. The molecule has 0 atom stereocenters. The Morgan fingerprint density at radius 1 is 1.25 bits per heavy atom. The number of nitrogen functional groups attached to an aromatic ring is 1. The first-order valence-electron chi connectivity index (χ1n) is 4.68. The van der Waals surface area contributed by atoms with Crippen LogP contribution in [0.5, 0.6) is 11.5 Å². The average Bonchev–Trinajstić information content (AvgIpc) is 2.74. The summed E-state index contributed by atoms with van der Waals surface area (Å²) in [6.07, 6.45) is 1.64. The van der Waals surface area contributed by atoms with E-state index in [2.05, 4.69) is 4.98 Å². The van der Waals surface area contributed by atoms with Crippen molar-refractivity contribution >= 4 is 16.3 Å². The van der Waals surface area contributed by atoms with Crippen LogP contribution < -0.4 is 15.2 Å².